The topological polar surface area (TPSA) is 129 Å². The number of carboxylic acids is 1. The lowest BCUT2D eigenvalue weighted by Crippen LogP contribution is -2.20. The van der Waals surface area contributed by atoms with Crippen molar-refractivity contribution in [3.05, 3.63) is 95.6 Å². The lowest BCUT2D eigenvalue weighted by molar-refractivity contribution is -0.118. The summed E-state index contributed by atoms with van der Waals surface area (Å²) in [5.41, 5.74) is 1.08. The van der Waals surface area contributed by atoms with Gasteiger partial charge < -0.3 is 20.5 Å². The van der Waals surface area contributed by atoms with Crippen molar-refractivity contribution in [3.63, 3.8) is 0 Å². The van der Waals surface area contributed by atoms with E-state index in [1.54, 1.807) is 48.5 Å². The molecule has 0 radical (unpaired) electrons. The average molecular weight is 441 g/mol. The van der Waals surface area contributed by atoms with Gasteiger partial charge in [0.25, 0.3) is 11.8 Å². The molecule has 3 rings (SSSR count). The zero-order valence-electron chi connectivity index (χ0n) is 17.3. The Hall–Kier alpha value is -4.90. The molecular formula is C25H19N3O5. The molecular weight excluding hydrogens is 422 g/mol. The summed E-state index contributed by atoms with van der Waals surface area (Å²) < 4.78 is 5.59. The third-order valence-electron chi connectivity index (χ3n) is 4.37. The molecule has 164 valence electrons. The van der Waals surface area contributed by atoms with E-state index in [0.29, 0.717) is 17.0 Å². The summed E-state index contributed by atoms with van der Waals surface area (Å²) >= 11 is 0. The van der Waals surface area contributed by atoms with E-state index in [2.05, 4.69) is 10.6 Å². The number of amides is 2. The monoisotopic (exact) mass is 441 g/mol. The third-order valence-corrected chi connectivity index (χ3v) is 4.37. The number of benzene rings is 3. The molecule has 3 aromatic carbocycles. The van der Waals surface area contributed by atoms with Gasteiger partial charge in [-0.3, -0.25) is 9.59 Å². The standard InChI is InChI=1S/C25H19N3O5/c26-15-19(24(30)28-21-11-6-8-18(14-21)25(31)32)13-17-7-4-5-12-22(17)33-16-23(29)27-20-9-2-1-3-10-20/h1-14H,16H2,(H,27,29)(H,28,30)(H,31,32)/b19-13-. The van der Waals surface area contributed by atoms with Crippen LogP contribution in [-0.4, -0.2) is 29.5 Å². The van der Waals surface area contributed by atoms with Crippen molar-refractivity contribution in [1.82, 2.24) is 0 Å². The predicted octanol–water partition coefficient (Wildman–Crippen LogP) is 3.95. The molecule has 0 saturated carbocycles. The van der Waals surface area contributed by atoms with Gasteiger partial charge in [0.15, 0.2) is 6.61 Å². The Balaban J connectivity index is 1.71. The Morgan fingerprint density at radius 2 is 1.61 bits per heavy atom. The summed E-state index contributed by atoms with van der Waals surface area (Å²) in [5, 5.41) is 23.8. The van der Waals surface area contributed by atoms with Gasteiger partial charge in [0.2, 0.25) is 0 Å². The molecule has 0 bridgehead atoms. The molecule has 2 amide bonds. The van der Waals surface area contributed by atoms with Gasteiger partial charge in [0.05, 0.1) is 5.56 Å². The quantitative estimate of drug-likeness (QED) is 0.359. The minimum absolute atomic E-state index is 0.00260. The number of hydrogen-bond donors (Lipinski definition) is 3. The van der Waals surface area contributed by atoms with E-state index >= 15 is 0 Å². The average Bonchev–Trinajstić information content (AvgIpc) is 2.82. The summed E-state index contributed by atoms with van der Waals surface area (Å²) in [5.74, 6) is -1.90. The zero-order valence-corrected chi connectivity index (χ0v) is 17.3. The first-order valence-electron chi connectivity index (χ1n) is 9.79. The van der Waals surface area contributed by atoms with Crippen molar-refractivity contribution in [2.24, 2.45) is 0 Å². The molecule has 3 N–H and O–H groups in total. The lowest BCUT2D eigenvalue weighted by Gasteiger charge is -2.10. The molecule has 8 heteroatoms. The van der Waals surface area contributed by atoms with Gasteiger partial charge in [-0.15, -0.1) is 0 Å². The van der Waals surface area contributed by atoms with E-state index in [1.807, 2.05) is 12.1 Å². The second kappa shape index (κ2) is 10.9. The van der Waals surface area contributed by atoms with Crippen molar-refractivity contribution in [1.29, 1.82) is 5.26 Å². The molecule has 3 aromatic rings. The third kappa shape index (κ3) is 6.54. The largest absolute Gasteiger partial charge is 0.483 e. The first kappa shape index (κ1) is 22.8. The van der Waals surface area contributed by atoms with E-state index in [4.69, 9.17) is 9.84 Å². The summed E-state index contributed by atoms with van der Waals surface area (Å²) in [6, 6.07) is 23.1. The van der Waals surface area contributed by atoms with Crippen LogP contribution in [0, 0.1) is 11.3 Å². The molecule has 0 aliphatic rings. The van der Waals surface area contributed by atoms with Crippen LogP contribution in [-0.2, 0) is 9.59 Å². The Morgan fingerprint density at radius 1 is 0.909 bits per heavy atom. The highest BCUT2D eigenvalue weighted by atomic mass is 16.5. The maximum atomic E-state index is 12.6. The van der Waals surface area contributed by atoms with E-state index in [1.165, 1.54) is 30.3 Å². The molecule has 0 aromatic heterocycles. The second-order valence-electron chi connectivity index (χ2n) is 6.75. The molecule has 0 fully saturated rings. The normalized spacial score (nSPS) is 10.6. The molecule has 0 aliphatic carbocycles. The van der Waals surface area contributed by atoms with Gasteiger partial charge >= 0.3 is 5.97 Å². The molecule has 0 heterocycles. The van der Waals surface area contributed by atoms with Crippen LogP contribution in [0.25, 0.3) is 6.08 Å². The van der Waals surface area contributed by atoms with E-state index in [0.717, 1.165) is 0 Å². The molecule has 33 heavy (non-hydrogen) atoms. The van der Waals surface area contributed by atoms with Crippen LogP contribution in [0.2, 0.25) is 0 Å². The molecule has 8 nitrogen and oxygen atoms in total. The fraction of sp³-hybridized carbons (Fsp3) is 0.0400. The van der Waals surface area contributed by atoms with Gasteiger partial charge in [0.1, 0.15) is 17.4 Å². The van der Waals surface area contributed by atoms with Crippen molar-refractivity contribution in [2.45, 2.75) is 0 Å². The summed E-state index contributed by atoms with van der Waals surface area (Å²) in [7, 11) is 0. The predicted molar refractivity (Wildman–Crippen MR) is 123 cm³/mol. The van der Waals surface area contributed by atoms with Crippen LogP contribution in [0.1, 0.15) is 15.9 Å². The number of carbonyl (C=O) groups is 3. The SMILES string of the molecule is N#C/C(=C/c1ccccc1OCC(=O)Nc1ccccc1)C(=O)Nc1cccc(C(=O)O)c1. The lowest BCUT2D eigenvalue weighted by atomic mass is 10.1. The number of carboxylic acid groups (broad SMARTS) is 1. The van der Waals surface area contributed by atoms with Crippen LogP contribution in [0.15, 0.2) is 84.4 Å². The molecule has 0 atom stereocenters. The number of nitriles is 1. The van der Waals surface area contributed by atoms with Crippen LogP contribution < -0.4 is 15.4 Å². The zero-order chi connectivity index (χ0) is 23.6. The molecule has 0 unspecified atom stereocenters. The van der Waals surface area contributed by atoms with Crippen LogP contribution in [0.4, 0.5) is 11.4 Å². The fourth-order valence-corrected chi connectivity index (χ4v) is 2.83. The van der Waals surface area contributed by atoms with Crippen LogP contribution in [0.5, 0.6) is 5.75 Å². The number of para-hydroxylation sites is 2. The number of anilines is 2. The van der Waals surface area contributed by atoms with Crippen molar-refractivity contribution >= 4 is 35.2 Å². The summed E-state index contributed by atoms with van der Waals surface area (Å²) in [4.78, 5) is 35.8. The van der Waals surface area contributed by atoms with Gasteiger partial charge in [-0.05, 0) is 42.5 Å². The molecule has 0 spiro atoms. The van der Waals surface area contributed by atoms with Crippen molar-refractivity contribution in [2.75, 3.05) is 17.2 Å². The number of carbonyl (C=O) groups excluding carboxylic acids is 2. The minimum Gasteiger partial charge on any atom is -0.483 e. The highest BCUT2D eigenvalue weighted by Gasteiger charge is 2.13. The number of nitrogens with zero attached hydrogens (tertiary/aromatic N) is 1. The van der Waals surface area contributed by atoms with Crippen LogP contribution >= 0.6 is 0 Å². The Labute approximate surface area is 189 Å². The first-order valence-corrected chi connectivity index (χ1v) is 9.79. The summed E-state index contributed by atoms with van der Waals surface area (Å²) in [6.45, 7) is -0.268. The maximum Gasteiger partial charge on any atom is 0.335 e. The number of aromatic carboxylic acids is 1. The van der Waals surface area contributed by atoms with Gasteiger partial charge in [-0.2, -0.15) is 5.26 Å². The highest BCUT2D eigenvalue weighted by molar-refractivity contribution is 6.10. The van der Waals surface area contributed by atoms with E-state index in [9.17, 15) is 19.6 Å². The Morgan fingerprint density at radius 3 is 2.33 bits per heavy atom. The maximum absolute atomic E-state index is 12.6. The van der Waals surface area contributed by atoms with Gasteiger partial charge in [0, 0.05) is 16.9 Å². The van der Waals surface area contributed by atoms with Gasteiger partial charge in [-0.1, -0.05) is 42.5 Å². The second-order valence-corrected chi connectivity index (χ2v) is 6.75. The smallest absolute Gasteiger partial charge is 0.335 e. The Kier molecular flexibility index (Phi) is 7.54. The van der Waals surface area contributed by atoms with E-state index < -0.39 is 11.9 Å². The first-order chi connectivity index (χ1) is 16.0. The number of hydrogen-bond acceptors (Lipinski definition) is 5. The van der Waals surface area contributed by atoms with Crippen molar-refractivity contribution < 1.29 is 24.2 Å². The number of nitrogens with one attached hydrogen (secondary N) is 2. The van der Waals surface area contributed by atoms with Gasteiger partial charge in [-0.25, -0.2) is 4.79 Å². The van der Waals surface area contributed by atoms with Crippen molar-refractivity contribution in [3.8, 4) is 11.8 Å². The summed E-state index contributed by atoms with van der Waals surface area (Å²) in [6.07, 6.45) is 1.33. The number of rotatable bonds is 8. The number of ether oxygens (including phenoxy) is 1. The molecule has 0 saturated heterocycles. The molecule has 0 aliphatic heterocycles. The van der Waals surface area contributed by atoms with E-state index in [-0.39, 0.29) is 29.3 Å². The minimum atomic E-state index is -1.13. The highest BCUT2D eigenvalue weighted by Crippen LogP contribution is 2.22. The Bertz CT molecular complexity index is 1250. The fourth-order valence-electron chi connectivity index (χ4n) is 2.83. The van der Waals surface area contributed by atoms with Crippen LogP contribution in [0.3, 0.4) is 0 Å².